The Morgan fingerprint density at radius 2 is 2.38 bits per heavy atom. The van der Waals surface area contributed by atoms with E-state index in [1.54, 1.807) is 0 Å². The molecule has 3 nitrogen and oxygen atoms in total. The van der Waals surface area contributed by atoms with E-state index in [0.29, 0.717) is 6.61 Å². The molecule has 1 aromatic heterocycles. The van der Waals surface area contributed by atoms with Crippen LogP contribution in [-0.4, -0.2) is 27.7 Å². The van der Waals surface area contributed by atoms with Crippen LogP contribution < -0.4 is 4.74 Å². The van der Waals surface area contributed by atoms with Crippen LogP contribution in [0.3, 0.4) is 0 Å². The van der Waals surface area contributed by atoms with Crippen LogP contribution >= 0.6 is 23.4 Å². The normalized spacial score (nSPS) is 20.0. The summed E-state index contributed by atoms with van der Waals surface area (Å²) in [5.74, 6) is 5.04. The number of rotatable bonds is 5. The van der Waals surface area contributed by atoms with Crippen molar-refractivity contribution in [1.29, 1.82) is 0 Å². The summed E-state index contributed by atoms with van der Waals surface area (Å²) in [6.45, 7) is 5.64. The lowest BCUT2D eigenvalue weighted by Crippen LogP contribution is -2.13. The number of fused-ring (bicyclic) bond motifs is 1. The van der Waals surface area contributed by atoms with E-state index < -0.39 is 0 Å². The molecule has 1 saturated heterocycles. The SMILES string of the molecule is CCOc1cccc2c1nc(C(C)Cl)n2CC1CCSC1. The highest BCUT2D eigenvalue weighted by atomic mass is 35.5. The summed E-state index contributed by atoms with van der Waals surface area (Å²) >= 11 is 8.41. The smallest absolute Gasteiger partial charge is 0.147 e. The first-order valence-electron chi connectivity index (χ1n) is 7.54. The number of halogens is 1. The first-order chi connectivity index (χ1) is 10.2. The van der Waals surface area contributed by atoms with Gasteiger partial charge in [-0.3, -0.25) is 0 Å². The number of thioether (sulfide) groups is 1. The quantitative estimate of drug-likeness (QED) is 0.758. The van der Waals surface area contributed by atoms with Gasteiger partial charge in [-0.15, -0.1) is 11.6 Å². The van der Waals surface area contributed by atoms with Gasteiger partial charge in [0, 0.05) is 6.54 Å². The molecule has 0 saturated carbocycles. The summed E-state index contributed by atoms with van der Waals surface area (Å²) in [7, 11) is 0. The largest absolute Gasteiger partial charge is 0.492 e. The number of hydrogen-bond donors (Lipinski definition) is 0. The first kappa shape index (κ1) is 15.0. The molecule has 2 aromatic rings. The van der Waals surface area contributed by atoms with Gasteiger partial charge in [0.15, 0.2) is 0 Å². The van der Waals surface area contributed by atoms with Gasteiger partial charge in [0.05, 0.1) is 17.5 Å². The third-order valence-electron chi connectivity index (χ3n) is 3.89. The van der Waals surface area contributed by atoms with Gasteiger partial charge in [-0.1, -0.05) is 6.07 Å². The van der Waals surface area contributed by atoms with Crippen molar-refractivity contribution in [2.24, 2.45) is 5.92 Å². The Labute approximate surface area is 135 Å². The molecule has 0 spiro atoms. The van der Waals surface area contributed by atoms with Crippen LogP contribution in [0.2, 0.25) is 0 Å². The Hall–Kier alpha value is -0.870. The predicted molar refractivity (Wildman–Crippen MR) is 90.6 cm³/mol. The molecule has 0 N–H and O–H groups in total. The molecule has 5 heteroatoms. The Morgan fingerprint density at radius 1 is 1.52 bits per heavy atom. The van der Waals surface area contributed by atoms with Crippen LogP contribution in [0.4, 0.5) is 0 Å². The van der Waals surface area contributed by atoms with Crippen molar-refractivity contribution < 1.29 is 4.74 Å². The van der Waals surface area contributed by atoms with Gasteiger partial charge in [-0.05, 0) is 49.8 Å². The Morgan fingerprint density at radius 3 is 3.05 bits per heavy atom. The number of alkyl halides is 1. The molecule has 0 bridgehead atoms. The van der Waals surface area contributed by atoms with Crippen molar-refractivity contribution in [2.75, 3.05) is 18.1 Å². The number of ether oxygens (including phenoxy) is 1. The molecular formula is C16H21ClN2OS. The number of nitrogens with zero attached hydrogens (tertiary/aromatic N) is 2. The lowest BCUT2D eigenvalue weighted by molar-refractivity contribution is 0.343. The molecule has 21 heavy (non-hydrogen) atoms. The number of benzene rings is 1. The minimum Gasteiger partial charge on any atom is -0.492 e. The lowest BCUT2D eigenvalue weighted by Gasteiger charge is -2.14. The summed E-state index contributed by atoms with van der Waals surface area (Å²) in [5, 5.41) is -0.0964. The molecule has 2 atom stereocenters. The predicted octanol–water partition coefficient (Wildman–Crippen LogP) is 4.49. The summed E-state index contributed by atoms with van der Waals surface area (Å²) in [4.78, 5) is 4.77. The van der Waals surface area contributed by atoms with Crippen LogP contribution in [0.15, 0.2) is 18.2 Å². The second-order valence-electron chi connectivity index (χ2n) is 5.48. The maximum Gasteiger partial charge on any atom is 0.147 e. The fraction of sp³-hybridized carbons (Fsp3) is 0.562. The molecule has 114 valence electrons. The molecule has 0 radical (unpaired) electrons. The number of hydrogen-bond acceptors (Lipinski definition) is 3. The third kappa shape index (κ3) is 3.02. The number of imidazole rings is 1. The molecule has 1 aliphatic rings. The van der Waals surface area contributed by atoms with Crippen molar-refractivity contribution in [3.63, 3.8) is 0 Å². The molecule has 1 aliphatic heterocycles. The third-order valence-corrected chi connectivity index (χ3v) is 5.32. The van der Waals surface area contributed by atoms with E-state index in [4.69, 9.17) is 21.3 Å². The van der Waals surface area contributed by atoms with Crippen molar-refractivity contribution >= 4 is 34.4 Å². The van der Waals surface area contributed by atoms with Crippen LogP contribution in [0, 0.1) is 5.92 Å². The summed E-state index contributed by atoms with van der Waals surface area (Å²) in [5.41, 5.74) is 2.08. The monoisotopic (exact) mass is 324 g/mol. The number of aromatic nitrogens is 2. The minimum absolute atomic E-state index is 0.0964. The van der Waals surface area contributed by atoms with E-state index in [0.717, 1.165) is 35.1 Å². The van der Waals surface area contributed by atoms with E-state index in [1.165, 1.54) is 17.9 Å². The van der Waals surface area contributed by atoms with E-state index in [1.807, 2.05) is 37.7 Å². The molecule has 0 aliphatic carbocycles. The van der Waals surface area contributed by atoms with Gasteiger partial charge in [-0.2, -0.15) is 11.8 Å². The van der Waals surface area contributed by atoms with Crippen molar-refractivity contribution in [2.45, 2.75) is 32.2 Å². The second kappa shape index (κ2) is 6.49. The van der Waals surface area contributed by atoms with Gasteiger partial charge >= 0.3 is 0 Å². The van der Waals surface area contributed by atoms with Crippen LogP contribution in [0.25, 0.3) is 11.0 Å². The molecule has 3 rings (SSSR count). The maximum atomic E-state index is 6.37. The second-order valence-corrected chi connectivity index (χ2v) is 7.29. The van der Waals surface area contributed by atoms with Gasteiger partial charge in [0.2, 0.25) is 0 Å². The maximum absolute atomic E-state index is 6.37. The zero-order valence-electron chi connectivity index (χ0n) is 12.5. The molecule has 1 fully saturated rings. The molecule has 2 unspecified atom stereocenters. The molecule has 1 aromatic carbocycles. The van der Waals surface area contributed by atoms with Crippen molar-refractivity contribution in [3.05, 3.63) is 24.0 Å². The highest BCUT2D eigenvalue weighted by molar-refractivity contribution is 7.99. The van der Waals surface area contributed by atoms with E-state index in [2.05, 4.69) is 10.6 Å². The summed E-state index contributed by atoms with van der Waals surface area (Å²) in [6, 6.07) is 6.14. The standard InChI is InChI=1S/C16H21ClN2OS/c1-3-20-14-6-4-5-13-15(14)18-16(11(2)17)19(13)9-12-7-8-21-10-12/h4-6,11-12H,3,7-10H2,1-2H3. The van der Waals surface area contributed by atoms with Crippen LogP contribution in [0.1, 0.15) is 31.5 Å². The van der Waals surface area contributed by atoms with Gasteiger partial charge < -0.3 is 9.30 Å². The average Bonchev–Trinajstić information content (AvgIpc) is 3.09. The zero-order valence-corrected chi connectivity index (χ0v) is 14.1. The Kier molecular flexibility index (Phi) is 4.65. The van der Waals surface area contributed by atoms with Crippen LogP contribution in [0.5, 0.6) is 5.75 Å². The molecule has 0 amide bonds. The van der Waals surface area contributed by atoms with Crippen LogP contribution in [-0.2, 0) is 6.54 Å². The fourth-order valence-electron chi connectivity index (χ4n) is 2.89. The fourth-order valence-corrected chi connectivity index (χ4v) is 4.33. The minimum atomic E-state index is -0.0964. The van der Waals surface area contributed by atoms with Gasteiger partial charge in [0.25, 0.3) is 0 Å². The lowest BCUT2D eigenvalue weighted by atomic mass is 10.1. The Bertz CT molecular complexity index is 620. The Balaban J connectivity index is 2.06. The van der Waals surface area contributed by atoms with Gasteiger partial charge in [0.1, 0.15) is 17.1 Å². The molecule has 2 heterocycles. The van der Waals surface area contributed by atoms with E-state index >= 15 is 0 Å². The zero-order chi connectivity index (χ0) is 14.8. The highest BCUT2D eigenvalue weighted by Crippen LogP contribution is 2.33. The molecular weight excluding hydrogens is 304 g/mol. The van der Waals surface area contributed by atoms with E-state index in [9.17, 15) is 0 Å². The first-order valence-corrected chi connectivity index (χ1v) is 9.13. The van der Waals surface area contributed by atoms with Crippen molar-refractivity contribution in [1.82, 2.24) is 9.55 Å². The van der Waals surface area contributed by atoms with E-state index in [-0.39, 0.29) is 5.38 Å². The topological polar surface area (TPSA) is 27.1 Å². The highest BCUT2D eigenvalue weighted by Gasteiger charge is 2.22. The van der Waals surface area contributed by atoms with Crippen molar-refractivity contribution in [3.8, 4) is 5.75 Å². The number of para-hydroxylation sites is 1. The van der Waals surface area contributed by atoms with Gasteiger partial charge in [-0.25, -0.2) is 4.98 Å². The average molecular weight is 325 g/mol. The summed E-state index contributed by atoms with van der Waals surface area (Å²) in [6.07, 6.45) is 1.28. The summed E-state index contributed by atoms with van der Waals surface area (Å²) < 4.78 is 8.01.